The number of imide groups is 1. The number of anilines is 1. The minimum Gasteiger partial charge on any atom is -0.268 e. The number of nitrogens with zero attached hydrogens (tertiary/aromatic N) is 1. The van der Waals surface area contributed by atoms with Crippen molar-refractivity contribution in [2.75, 3.05) is 4.90 Å². The molecule has 100 valence electrons. The lowest BCUT2D eigenvalue weighted by molar-refractivity contribution is 0.0926. The average Bonchev–Trinajstić information content (AvgIpc) is 2.63. The predicted molar refractivity (Wildman–Crippen MR) is 84.2 cm³/mol. The van der Waals surface area contributed by atoms with Crippen molar-refractivity contribution in [1.29, 1.82) is 0 Å². The van der Waals surface area contributed by atoms with Crippen molar-refractivity contribution in [3.8, 4) is 0 Å². The molecule has 2 aromatic rings. The van der Waals surface area contributed by atoms with Crippen LogP contribution in [0, 0.1) is 6.92 Å². The van der Waals surface area contributed by atoms with Crippen molar-refractivity contribution in [3.05, 3.63) is 62.0 Å². The second-order valence-corrected chi connectivity index (χ2v) is 6.36. The number of carbonyl (C=O) groups excluding carboxylic acids is 2. The maximum atomic E-state index is 12.5. The molecule has 1 aliphatic heterocycles. The van der Waals surface area contributed by atoms with Crippen LogP contribution in [0.4, 0.5) is 5.69 Å². The van der Waals surface area contributed by atoms with E-state index in [-0.39, 0.29) is 11.8 Å². The first-order chi connectivity index (χ1) is 9.49. The largest absolute Gasteiger partial charge is 0.268 e. The smallest absolute Gasteiger partial charge is 0.266 e. The molecular formula is C15H9Br2NO2. The summed E-state index contributed by atoms with van der Waals surface area (Å²) in [4.78, 5) is 26.1. The number of amides is 2. The first-order valence-electron chi connectivity index (χ1n) is 5.93. The Morgan fingerprint density at radius 3 is 2.30 bits per heavy atom. The molecule has 0 aliphatic carbocycles. The van der Waals surface area contributed by atoms with E-state index in [1.54, 1.807) is 24.3 Å². The van der Waals surface area contributed by atoms with Gasteiger partial charge in [0.15, 0.2) is 0 Å². The van der Waals surface area contributed by atoms with Gasteiger partial charge in [0.25, 0.3) is 11.8 Å². The summed E-state index contributed by atoms with van der Waals surface area (Å²) in [6.45, 7) is 1.90. The zero-order chi connectivity index (χ0) is 14.4. The molecule has 0 bridgehead atoms. The Bertz CT molecular complexity index is 756. The summed E-state index contributed by atoms with van der Waals surface area (Å²) in [6, 6.07) is 10.6. The normalized spacial score (nSPS) is 13.8. The Kier molecular flexibility index (Phi) is 3.26. The van der Waals surface area contributed by atoms with Crippen LogP contribution >= 0.6 is 31.9 Å². The fourth-order valence-electron chi connectivity index (χ4n) is 2.24. The molecule has 2 aromatic carbocycles. The number of aryl methyl sites for hydroxylation is 1. The molecule has 0 spiro atoms. The van der Waals surface area contributed by atoms with Gasteiger partial charge in [0.05, 0.1) is 16.8 Å². The lowest BCUT2D eigenvalue weighted by Crippen LogP contribution is -2.29. The lowest BCUT2D eigenvalue weighted by Gasteiger charge is -2.15. The van der Waals surface area contributed by atoms with Gasteiger partial charge in [-0.2, -0.15) is 0 Å². The van der Waals surface area contributed by atoms with E-state index in [9.17, 15) is 9.59 Å². The molecule has 20 heavy (non-hydrogen) atoms. The van der Waals surface area contributed by atoms with Gasteiger partial charge in [-0.05, 0) is 53.2 Å². The average molecular weight is 395 g/mol. The number of hydrogen-bond donors (Lipinski definition) is 0. The van der Waals surface area contributed by atoms with E-state index < -0.39 is 0 Å². The number of fused-ring (bicyclic) bond motifs is 1. The number of hydrogen-bond acceptors (Lipinski definition) is 2. The van der Waals surface area contributed by atoms with Crippen molar-refractivity contribution in [3.63, 3.8) is 0 Å². The Hall–Kier alpha value is -1.46. The molecule has 2 amide bonds. The number of carbonyl (C=O) groups is 2. The molecule has 0 saturated carbocycles. The van der Waals surface area contributed by atoms with Crippen LogP contribution in [0.1, 0.15) is 26.3 Å². The summed E-state index contributed by atoms with van der Waals surface area (Å²) < 4.78 is 1.57. The standard InChI is InChI=1S/C15H9Br2NO2/c1-8-2-4-10-11(6-8)15(20)18(14(10)19)13-5-3-9(16)7-12(13)17/h2-7H,1H3. The van der Waals surface area contributed by atoms with Gasteiger partial charge in [0, 0.05) is 8.95 Å². The zero-order valence-electron chi connectivity index (χ0n) is 10.5. The molecule has 0 saturated heterocycles. The molecule has 0 radical (unpaired) electrons. The SMILES string of the molecule is Cc1ccc2c(c1)C(=O)N(c1ccc(Br)cc1Br)C2=O. The summed E-state index contributed by atoms with van der Waals surface area (Å²) in [5.41, 5.74) is 2.43. The second-order valence-electron chi connectivity index (χ2n) is 4.59. The topological polar surface area (TPSA) is 37.4 Å². The van der Waals surface area contributed by atoms with E-state index in [2.05, 4.69) is 31.9 Å². The summed E-state index contributed by atoms with van der Waals surface area (Å²) in [6.07, 6.45) is 0. The first-order valence-corrected chi connectivity index (χ1v) is 7.52. The van der Waals surface area contributed by atoms with E-state index in [4.69, 9.17) is 0 Å². The van der Waals surface area contributed by atoms with Crippen LogP contribution in [0.5, 0.6) is 0 Å². The first kappa shape index (κ1) is 13.5. The maximum Gasteiger partial charge on any atom is 0.266 e. The Labute approximate surface area is 132 Å². The van der Waals surface area contributed by atoms with E-state index in [1.807, 2.05) is 19.1 Å². The highest BCUT2D eigenvalue weighted by Gasteiger charge is 2.37. The van der Waals surface area contributed by atoms with Crippen molar-refractivity contribution < 1.29 is 9.59 Å². The number of rotatable bonds is 1. The van der Waals surface area contributed by atoms with Crippen LogP contribution in [0.2, 0.25) is 0 Å². The quantitative estimate of drug-likeness (QED) is 0.675. The minimum atomic E-state index is -0.284. The fourth-order valence-corrected chi connectivity index (χ4v) is 3.46. The predicted octanol–water partition coefficient (Wildman–Crippen LogP) is 4.32. The summed E-state index contributed by atoms with van der Waals surface area (Å²) in [5, 5.41) is 0. The molecule has 5 heteroatoms. The highest BCUT2D eigenvalue weighted by Crippen LogP contribution is 2.35. The second kappa shape index (κ2) is 4.82. The summed E-state index contributed by atoms with van der Waals surface area (Å²) >= 11 is 6.75. The van der Waals surface area contributed by atoms with Crippen molar-refractivity contribution in [1.82, 2.24) is 0 Å². The van der Waals surface area contributed by atoms with Crippen LogP contribution in [0.3, 0.4) is 0 Å². The van der Waals surface area contributed by atoms with Crippen LogP contribution in [-0.4, -0.2) is 11.8 Å². The van der Waals surface area contributed by atoms with Crippen LogP contribution < -0.4 is 4.90 Å². The van der Waals surface area contributed by atoms with Crippen LogP contribution in [-0.2, 0) is 0 Å². The van der Waals surface area contributed by atoms with E-state index in [0.29, 0.717) is 21.3 Å². The molecule has 3 rings (SSSR count). The molecular weight excluding hydrogens is 386 g/mol. The Balaban J connectivity index is 2.14. The molecule has 1 aliphatic rings. The third-order valence-electron chi connectivity index (χ3n) is 3.19. The lowest BCUT2D eigenvalue weighted by atomic mass is 10.1. The van der Waals surface area contributed by atoms with Crippen LogP contribution in [0.15, 0.2) is 45.3 Å². The van der Waals surface area contributed by atoms with E-state index in [1.165, 1.54) is 4.90 Å². The van der Waals surface area contributed by atoms with E-state index in [0.717, 1.165) is 10.0 Å². The third-order valence-corrected chi connectivity index (χ3v) is 4.32. The Morgan fingerprint density at radius 1 is 0.900 bits per heavy atom. The van der Waals surface area contributed by atoms with E-state index >= 15 is 0 Å². The van der Waals surface area contributed by atoms with Crippen molar-refractivity contribution in [2.45, 2.75) is 6.92 Å². The molecule has 0 N–H and O–H groups in total. The third kappa shape index (κ3) is 2.01. The Morgan fingerprint density at radius 2 is 1.60 bits per heavy atom. The fraction of sp³-hybridized carbons (Fsp3) is 0.0667. The van der Waals surface area contributed by atoms with Gasteiger partial charge >= 0.3 is 0 Å². The molecule has 1 heterocycles. The van der Waals surface area contributed by atoms with Crippen molar-refractivity contribution in [2.24, 2.45) is 0 Å². The van der Waals surface area contributed by atoms with Crippen LogP contribution in [0.25, 0.3) is 0 Å². The summed E-state index contributed by atoms with van der Waals surface area (Å²) in [7, 11) is 0. The molecule has 0 unspecified atom stereocenters. The van der Waals surface area contributed by atoms with Gasteiger partial charge in [-0.1, -0.05) is 27.6 Å². The molecule has 0 fully saturated rings. The maximum absolute atomic E-state index is 12.5. The van der Waals surface area contributed by atoms with Gasteiger partial charge in [0.1, 0.15) is 0 Å². The minimum absolute atomic E-state index is 0.281. The number of halogens is 2. The van der Waals surface area contributed by atoms with Gasteiger partial charge in [-0.15, -0.1) is 0 Å². The van der Waals surface area contributed by atoms with Crippen molar-refractivity contribution >= 4 is 49.4 Å². The molecule has 0 atom stereocenters. The highest BCUT2D eigenvalue weighted by molar-refractivity contribution is 9.11. The zero-order valence-corrected chi connectivity index (χ0v) is 13.7. The van der Waals surface area contributed by atoms with Gasteiger partial charge in [0.2, 0.25) is 0 Å². The molecule has 3 nitrogen and oxygen atoms in total. The monoisotopic (exact) mass is 393 g/mol. The number of benzene rings is 2. The van der Waals surface area contributed by atoms with Gasteiger partial charge in [-0.25, -0.2) is 4.90 Å². The molecule has 0 aromatic heterocycles. The highest BCUT2D eigenvalue weighted by atomic mass is 79.9. The van der Waals surface area contributed by atoms with Gasteiger partial charge in [-0.3, -0.25) is 9.59 Å². The summed E-state index contributed by atoms with van der Waals surface area (Å²) in [5.74, 6) is -0.565. The van der Waals surface area contributed by atoms with Gasteiger partial charge < -0.3 is 0 Å².